The second kappa shape index (κ2) is 10.0. The fourth-order valence-electron chi connectivity index (χ4n) is 3.23. The minimum absolute atomic E-state index is 0.166. The number of carbonyl (C=O) groups excluding carboxylic acids is 1. The standard InChI is InChI=1S/C23H19F3N4O3S/c1-32-16-7-4-6-15(12-16)21-28-29-22(30(21)13-17-8-5-11-33-17)34-14-20(31)27-19-10-3-2-9-18(19)23(24,25)26/h2-12H,13-14H2,1H3,(H,27,31). The smallest absolute Gasteiger partial charge is 0.418 e. The number of para-hydroxylation sites is 1. The van der Waals surface area contributed by atoms with Crippen molar-refractivity contribution in [1.82, 2.24) is 14.8 Å². The van der Waals surface area contributed by atoms with Crippen LogP contribution in [0, 0.1) is 0 Å². The number of alkyl halides is 3. The highest BCUT2D eigenvalue weighted by atomic mass is 32.2. The van der Waals surface area contributed by atoms with Gasteiger partial charge in [-0.25, -0.2) is 0 Å². The van der Waals surface area contributed by atoms with Gasteiger partial charge in [-0.2, -0.15) is 13.2 Å². The number of nitrogens with zero attached hydrogens (tertiary/aromatic N) is 3. The number of hydrogen-bond acceptors (Lipinski definition) is 6. The summed E-state index contributed by atoms with van der Waals surface area (Å²) in [5.74, 6) is 1.05. The maximum absolute atomic E-state index is 13.2. The van der Waals surface area contributed by atoms with E-state index in [2.05, 4.69) is 15.5 Å². The van der Waals surface area contributed by atoms with Crippen LogP contribution >= 0.6 is 11.8 Å². The Kier molecular flexibility index (Phi) is 6.92. The Bertz CT molecular complexity index is 1270. The predicted molar refractivity (Wildman–Crippen MR) is 121 cm³/mol. The van der Waals surface area contributed by atoms with Crippen LogP contribution in [0.1, 0.15) is 11.3 Å². The van der Waals surface area contributed by atoms with Crippen molar-refractivity contribution in [2.75, 3.05) is 18.2 Å². The highest BCUT2D eigenvalue weighted by Gasteiger charge is 2.33. The van der Waals surface area contributed by atoms with Gasteiger partial charge in [0, 0.05) is 5.56 Å². The Morgan fingerprint density at radius 3 is 2.68 bits per heavy atom. The Labute approximate surface area is 196 Å². The van der Waals surface area contributed by atoms with Crippen LogP contribution in [0.25, 0.3) is 11.4 Å². The second-order valence-electron chi connectivity index (χ2n) is 7.08. The second-order valence-corrected chi connectivity index (χ2v) is 8.03. The van der Waals surface area contributed by atoms with Gasteiger partial charge in [0.25, 0.3) is 0 Å². The zero-order valence-electron chi connectivity index (χ0n) is 17.9. The van der Waals surface area contributed by atoms with Gasteiger partial charge in [-0.15, -0.1) is 10.2 Å². The van der Waals surface area contributed by atoms with Crippen LogP contribution in [0.4, 0.5) is 18.9 Å². The molecule has 34 heavy (non-hydrogen) atoms. The summed E-state index contributed by atoms with van der Waals surface area (Å²) in [6.07, 6.45) is -3.03. The first-order valence-corrected chi connectivity index (χ1v) is 11.0. The van der Waals surface area contributed by atoms with Crippen molar-refractivity contribution in [3.63, 3.8) is 0 Å². The number of hydrogen-bond donors (Lipinski definition) is 1. The van der Waals surface area contributed by atoms with E-state index in [0.29, 0.717) is 29.0 Å². The summed E-state index contributed by atoms with van der Waals surface area (Å²) >= 11 is 1.06. The maximum atomic E-state index is 13.2. The summed E-state index contributed by atoms with van der Waals surface area (Å²) in [6.45, 7) is 0.299. The highest BCUT2D eigenvalue weighted by Crippen LogP contribution is 2.35. The molecular formula is C23H19F3N4O3S. The van der Waals surface area contributed by atoms with Crippen molar-refractivity contribution >= 4 is 23.4 Å². The first-order valence-electron chi connectivity index (χ1n) is 10.0. The number of anilines is 1. The number of amides is 1. The molecule has 2 heterocycles. The molecular weight excluding hydrogens is 469 g/mol. The molecule has 0 atom stereocenters. The number of ether oxygens (including phenoxy) is 1. The molecule has 4 rings (SSSR count). The van der Waals surface area contributed by atoms with Crippen LogP contribution in [-0.4, -0.2) is 33.5 Å². The fourth-order valence-corrected chi connectivity index (χ4v) is 3.97. The SMILES string of the molecule is COc1cccc(-c2nnc(SCC(=O)Nc3ccccc3C(F)(F)F)n2Cc2ccco2)c1. The van der Waals surface area contributed by atoms with Crippen LogP contribution in [0.2, 0.25) is 0 Å². The highest BCUT2D eigenvalue weighted by molar-refractivity contribution is 7.99. The number of carbonyl (C=O) groups is 1. The summed E-state index contributed by atoms with van der Waals surface area (Å²) < 4.78 is 52.1. The lowest BCUT2D eigenvalue weighted by Gasteiger charge is -2.13. The van der Waals surface area contributed by atoms with E-state index in [1.165, 1.54) is 18.2 Å². The lowest BCUT2D eigenvalue weighted by molar-refractivity contribution is -0.137. The number of aromatic nitrogens is 3. The lowest BCUT2D eigenvalue weighted by atomic mass is 10.1. The average molecular weight is 488 g/mol. The Hall–Kier alpha value is -3.73. The molecule has 0 fully saturated rings. The molecule has 0 bridgehead atoms. The maximum Gasteiger partial charge on any atom is 0.418 e. The number of nitrogens with one attached hydrogen (secondary N) is 1. The summed E-state index contributed by atoms with van der Waals surface area (Å²) in [6, 6.07) is 15.7. The number of halogens is 3. The normalized spacial score (nSPS) is 11.4. The van der Waals surface area contributed by atoms with Gasteiger partial charge in [-0.05, 0) is 36.4 Å². The van der Waals surface area contributed by atoms with Gasteiger partial charge in [-0.3, -0.25) is 9.36 Å². The monoisotopic (exact) mass is 488 g/mol. The van der Waals surface area contributed by atoms with Gasteiger partial charge in [0.2, 0.25) is 5.91 Å². The van der Waals surface area contributed by atoms with Crippen LogP contribution in [0.5, 0.6) is 5.75 Å². The van der Waals surface area contributed by atoms with Crippen molar-refractivity contribution in [2.45, 2.75) is 17.9 Å². The molecule has 1 amide bonds. The van der Waals surface area contributed by atoms with Gasteiger partial charge in [0.05, 0.1) is 36.9 Å². The number of furan rings is 1. The quantitative estimate of drug-likeness (QED) is 0.337. The van der Waals surface area contributed by atoms with Gasteiger partial charge in [0.1, 0.15) is 11.5 Å². The lowest BCUT2D eigenvalue weighted by Crippen LogP contribution is -2.18. The molecule has 11 heteroatoms. The molecule has 2 aromatic heterocycles. The molecule has 0 aliphatic rings. The summed E-state index contributed by atoms with van der Waals surface area (Å²) in [4.78, 5) is 12.5. The van der Waals surface area contributed by atoms with E-state index in [9.17, 15) is 18.0 Å². The summed E-state index contributed by atoms with van der Waals surface area (Å²) in [5.41, 5.74) is -0.460. The van der Waals surface area contributed by atoms with Crippen molar-refractivity contribution in [2.24, 2.45) is 0 Å². The first kappa shape index (κ1) is 23.4. The third-order valence-electron chi connectivity index (χ3n) is 4.78. The Balaban J connectivity index is 1.55. The zero-order valence-corrected chi connectivity index (χ0v) is 18.7. The van der Waals surface area contributed by atoms with Gasteiger partial charge in [-0.1, -0.05) is 36.0 Å². The molecule has 176 valence electrons. The van der Waals surface area contributed by atoms with Crippen LogP contribution in [0.15, 0.2) is 76.5 Å². The molecule has 0 aliphatic carbocycles. The topological polar surface area (TPSA) is 82.2 Å². The van der Waals surface area contributed by atoms with Crippen LogP contribution in [-0.2, 0) is 17.5 Å². The molecule has 0 saturated carbocycles. The molecule has 2 aromatic carbocycles. The molecule has 0 radical (unpaired) electrons. The summed E-state index contributed by atoms with van der Waals surface area (Å²) in [5, 5.41) is 11.2. The summed E-state index contributed by atoms with van der Waals surface area (Å²) in [7, 11) is 1.56. The zero-order chi connectivity index (χ0) is 24.1. The molecule has 7 nitrogen and oxygen atoms in total. The number of rotatable bonds is 8. The van der Waals surface area contributed by atoms with Crippen LogP contribution in [0.3, 0.4) is 0 Å². The minimum atomic E-state index is -4.58. The Morgan fingerprint density at radius 1 is 1.12 bits per heavy atom. The van der Waals surface area contributed by atoms with E-state index in [1.54, 1.807) is 42.2 Å². The van der Waals surface area contributed by atoms with Crippen molar-refractivity contribution in [3.8, 4) is 17.1 Å². The van der Waals surface area contributed by atoms with Crippen LogP contribution < -0.4 is 10.1 Å². The van der Waals surface area contributed by atoms with E-state index in [-0.39, 0.29) is 11.4 Å². The largest absolute Gasteiger partial charge is 0.497 e. The minimum Gasteiger partial charge on any atom is -0.497 e. The van der Waals surface area contributed by atoms with E-state index in [1.807, 2.05) is 12.1 Å². The van der Waals surface area contributed by atoms with E-state index >= 15 is 0 Å². The van der Waals surface area contributed by atoms with Crippen molar-refractivity contribution in [3.05, 3.63) is 78.3 Å². The molecule has 0 aliphatic heterocycles. The third kappa shape index (κ3) is 5.42. The third-order valence-corrected chi connectivity index (χ3v) is 5.74. The molecule has 4 aromatic rings. The fraction of sp³-hybridized carbons (Fsp3) is 0.174. The molecule has 0 saturated heterocycles. The van der Waals surface area contributed by atoms with E-state index in [4.69, 9.17) is 9.15 Å². The van der Waals surface area contributed by atoms with Gasteiger partial charge in [0.15, 0.2) is 11.0 Å². The number of benzene rings is 2. The van der Waals surface area contributed by atoms with Gasteiger partial charge >= 0.3 is 6.18 Å². The van der Waals surface area contributed by atoms with Gasteiger partial charge < -0.3 is 14.5 Å². The molecule has 0 unspecified atom stereocenters. The molecule has 1 N–H and O–H groups in total. The first-order chi connectivity index (χ1) is 16.3. The van der Waals surface area contributed by atoms with E-state index in [0.717, 1.165) is 23.4 Å². The average Bonchev–Trinajstić information content (AvgIpc) is 3.48. The number of methoxy groups -OCH3 is 1. The number of thioether (sulfide) groups is 1. The van der Waals surface area contributed by atoms with E-state index < -0.39 is 17.6 Å². The Morgan fingerprint density at radius 2 is 1.94 bits per heavy atom. The predicted octanol–water partition coefficient (Wildman–Crippen LogP) is 5.34. The van der Waals surface area contributed by atoms with Crippen molar-refractivity contribution < 1.29 is 27.1 Å². The molecule has 0 spiro atoms. The van der Waals surface area contributed by atoms with Crippen molar-refractivity contribution in [1.29, 1.82) is 0 Å².